The number of furan rings is 1. The SMILES string of the molecule is OC(COCc1ccccc1)CN(CCN1CCOCC1)Cc1ccco1. The first-order valence-corrected chi connectivity index (χ1v) is 9.64. The Hall–Kier alpha value is -1.70. The van der Waals surface area contributed by atoms with Crippen LogP contribution >= 0.6 is 0 Å². The van der Waals surface area contributed by atoms with E-state index in [1.807, 2.05) is 42.5 Å². The fourth-order valence-corrected chi connectivity index (χ4v) is 3.20. The van der Waals surface area contributed by atoms with E-state index in [1.165, 1.54) is 0 Å². The number of morpholine rings is 1. The second kappa shape index (κ2) is 11.2. The van der Waals surface area contributed by atoms with Crippen LogP contribution in [0.1, 0.15) is 11.3 Å². The van der Waals surface area contributed by atoms with Crippen LogP contribution < -0.4 is 0 Å². The molecule has 1 aliphatic heterocycles. The van der Waals surface area contributed by atoms with Crippen molar-refractivity contribution >= 4 is 0 Å². The monoisotopic (exact) mass is 374 g/mol. The van der Waals surface area contributed by atoms with Crippen molar-refractivity contribution < 1.29 is 19.0 Å². The Bertz CT molecular complexity index is 614. The van der Waals surface area contributed by atoms with Crippen molar-refractivity contribution in [3.05, 3.63) is 60.1 Å². The second-order valence-corrected chi connectivity index (χ2v) is 6.92. The molecule has 0 radical (unpaired) electrons. The van der Waals surface area contributed by atoms with Gasteiger partial charge in [0.2, 0.25) is 0 Å². The van der Waals surface area contributed by atoms with Crippen LogP contribution in [0.2, 0.25) is 0 Å². The molecule has 1 aliphatic rings. The highest BCUT2D eigenvalue weighted by Gasteiger charge is 2.17. The molecule has 0 aliphatic carbocycles. The number of nitrogens with zero attached hydrogens (tertiary/aromatic N) is 2. The van der Waals surface area contributed by atoms with Crippen LogP contribution in [0.5, 0.6) is 0 Å². The van der Waals surface area contributed by atoms with E-state index in [0.29, 0.717) is 26.3 Å². The molecular weight excluding hydrogens is 344 g/mol. The van der Waals surface area contributed by atoms with E-state index in [-0.39, 0.29) is 0 Å². The molecule has 0 spiro atoms. The predicted molar refractivity (Wildman–Crippen MR) is 103 cm³/mol. The molecule has 0 bridgehead atoms. The van der Waals surface area contributed by atoms with Gasteiger partial charge >= 0.3 is 0 Å². The highest BCUT2D eigenvalue weighted by atomic mass is 16.5. The van der Waals surface area contributed by atoms with E-state index in [1.54, 1.807) is 6.26 Å². The van der Waals surface area contributed by atoms with Crippen LogP contribution in [0.25, 0.3) is 0 Å². The number of aliphatic hydroxyl groups is 1. The summed E-state index contributed by atoms with van der Waals surface area (Å²) >= 11 is 0. The lowest BCUT2D eigenvalue weighted by molar-refractivity contribution is 0.00109. The van der Waals surface area contributed by atoms with Crippen LogP contribution in [0.15, 0.2) is 53.1 Å². The number of benzene rings is 1. The van der Waals surface area contributed by atoms with Crippen molar-refractivity contribution in [1.82, 2.24) is 9.80 Å². The van der Waals surface area contributed by atoms with Crippen molar-refractivity contribution in [3.8, 4) is 0 Å². The maximum atomic E-state index is 10.4. The fraction of sp³-hybridized carbons (Fsp3) is 0.524. The summed E-state index contributed by atoms with van der Waals surface area (Å²) in [5.41, 5.74) is 1.12. The minimum atomic E-state index is -0.534. The Morgan fingerprint density at radius 1 is 1.11 bits per heavy atom. The summed E-state index contributed by atoms with van der Waals surface area (Å²) in [6.07, 6.45) is 1.16. The smallest absolute Gasteiger partial charge is 0.117 e. The van der Waals surface area contributed by atoms with E-state index >= 15 is 0 Å². The van der Waals surface area contributed by atoms with Gasteiger partial charge in [-0.15, -0.1) is 0 Å². The fourth-order valence-electron chi connectivity index (χ4n) is 3.20. The molecule has 1 unspecified atom stereocenters. The zero-order valence-electron chi connectivity index (χ0n) is 15.8. The Kier molecular flexibility index (Phi) is 8.32. The summed E-state index contributed by atoms with van der Waals surface area (Å²) in [6.45, 7) is 7.45. The van der Waals surface area contributed by atoms with Crippen molar-refractivity contribution in [2.45, 2.75) is 19.3 Å². The molecule has 1 atom stereocenters. The molecule has 1 saturated heterocycles. The van der Waals surface area contributed by atoms with Gasteiger partial charge in [-0.05, 0) is 17.7 Å². The molecule has 0 saturated carbocycles. The van der Waals surface area contributed by atoms with E-state index in [9.17, 15) is 5.11 Å². The van der Waals surface area contributed by atoms with E-state index in [4.69, 9.17) is 13.9 Å². The van der Waals surface area contributed by atoms with Gasteiger partial charge in [0.05, 0.1) is 45.3 Å². The zero-order valence-corrected chi connectivity index (χ0v) is 15.8. The summed E-state index contributed by atoms with van der Waals surface area (Å²) < 4.78 is 16.6. The van der Waals surface area contributed by atoms with E-state index < -0.39 is 6.10 Å². The third-order valence-corrected chi connectivity index (χ3v) is 4.69. The zero-order chi connectivity index (χ0) is 18.7. The lowest BCUT2D eigenvalue weighted by Gasteiger charge is -2.30. The van der Waals surface area contributed by atoms with Gasteiger partial charge in [0.1, 0.15) is 5.76 Å². The Balaban J connectivity index is 1.44. The van der Waals surface area contributed by atoms with Gasteiger partial charge in [-0.2, -0.15) is 0 Å². The van der Waals surface area contributed by atoms with Crippen LogP contribution in [0, 0.1) is 0 Å². The average molecular weight is 374 g/mol. The highest BCUT2D eigenvalue weighted by Crippen LogP contribution is 2.08. The number of hydrogen-bond acceptors (Lipinski definition) is 6. The summed E-state index contributed by atoms with van der Waals surface area (Å²) in [5, 5.41) is 10.4. The normalized spacial score (nSPS) is 16.7. The van der Waals surface area contributed by atoms with Crippen molar-refractivity contribution in [2.24, 2.45) is 0 Å². The lowest BCUT2D eigenvalue weighted by Crippen LogP contribution is -2.43. The molecule has 27 heavy (non-hydrogen) atoms. The van der Waals surface area contributed by atoms with Gasteiger partial charge in [-0.3, -0.25) is 9.80 Å². The van der Waals surface area contributed by atoms with Gasteiger partial charge in [0.25, 0.3) is 0 Å². The van der Waals surface area contributed by atoms with E-state index in [0.717, 1.165) is 50.7 Å². The molecule has 3 rings (SSSR count). The van der Waals surface area contributed by atoms with Crippen molar-refractivity contribution in [2.75, 3.05) is 52.5 Å². The van der Waals surface area contributed by atoms with Crippen molar-refractivity contribution in [3.63, 3.8) is 0 Å². The summed E-state index contributed by atoms with van der Waals surface area (Å²) in [4.78, 5) is 4.63. The van der Waals surface area contributed by atoms with Crippen LogP contribution in [-0.2, 0) is 22.6 Å². The van der Waals surface area contributed by atoms with Gasteiger partial charge in [-0.25, -0.2) is 0 Å². The first-order chi connectivity index (χ1) is 13.3. The summed E-state index contributed by atoms with van der Waals surface area (Å²) in [7, 11) is 0. The largest absolute Gasteiger partial charge is 0.468 e. The molecule has 1 N–H and O–H groups in total. The van der Waals surface area contributed by atoms with Crippen molar-refractivity contribution in [1.29, 1.82) is 0 Å². The molecular formula is C21H30N2O4. The third kappa shape index (κ3) is 7.44. The predicted octanol–water partition coefficient (Wildman–Crippen LogP) is 1.99. The van der Waals surface area contributed by atoms with E-state index in [2.05, 4.69) is 9.80 Å². The topological polar surface area (TPSA) is 58.3 Å². The van der Waals surface area contributed by atoms with Gasteiger partial charge < -0.3 is 19.0 Å². The van der Waals surface area contributed by atoms with Crippen LogP contribution in [0.3, 0.4) is 0 Å². The molecule has 2 aromatic rings. The van der Waals surface area contributed by atoms with Gasteiger partial charge in [0.15, 0.2) is 0 Å². The number of ether oxygens (including phenoxy) is 2. The minimum absolute atomic E-state index is 0.321. The number of rotatable bonds is 11. The molecule has 1 aromatic heterocycles. The summed E-state index contributed by atoms with van der Waals surface area (Å²) in [6, 6.07) is 13.9. The maximum Gasteiger partial charge on any atom is 0.117 e. The molecule has 1 aromatic carbocycles. The number of hydrogen-bond donors (Lipinski definition) is 1. The first-order valence-electron chi connectivity index (χ1n) is 9.64. The lowest BCUT2D eigenvalue weighted by atomic mass is 10.2. The third-order valence-electron chi connectivity index (χ3n) is 4.69. The molecule has 1 fully saturated rings. The average Bonchev–Trinajstić information content (AvgIpc) is 3.21. The number of aliphatic hydroxyl groups excluding tert-OH is 1. The Labute approximate surface area is 161 Å². The standard InChI is InChI=1S/C21H30N2O4/c24-20(18-26-17-19-5-2-1-3-6-19)15-23(16-21-7-4-12-27-21)9-8-22-10-13-25-14-11-22/h1-7,12,20,24H,8-11,13-18H2. The molecule has 0 amide bonds. The Morgan fingerprint density at radius 3 is 2.67 bits per heavy atom. The van der Waals surface area contributed by atoms with Crippen LogP contribution in [-0.4, -0.2) is 73.6 Å². The molecule has 6 heteroatoms. The molecule has 2 heterocycles. The van der Waals surface area contributed by atoms with Gasteiger partial charge in [0, 0.05) is 32.7 Å². The first kappa shape index (κ1) is 20.0. The molecule has 6 nitrogen and oxygen atoms in total. The second-order valence-electron chi connectivity index (χ2n) is 6.92. The summed E-state index contributed by atoms with van der Waals surface area (Å²) in [5.74, 6) is 0.911. The quantitative estimate of drug-likeness (QED) is 0.649. The van der Waals surface area contributed by atoms with Crippen LogP contribution in [0.4, 0.5) is 0 Å². The Morgan fingerprint density at radius 2 is 1.93 bits per heavy atom. The van der Waals surface area contributed by atoms with Gasteiger partial charge in [-0.1, -0.05) is 30.3 Å². The molecule has 148 valence electrons. The maximum absolute atomic E-state index is 10.4. The highest BCUT2D eigenvalue weighted by molar-refractivity contribution is 5.13. The minimum Gasteiger partial charge on any atom is -0.468 e.